The van der Waals surface area contributed by atoms with Gasteiger partial charge in [0, 0.05) is 18.7 Å². The van der Waals surface area contributed by atoms with Crippen LogP contribution < -0.4 is 5.73 Å². The Balaban J connectivity index is 1.46. The third kappa shape index (κ3) is 3.25. The molecule has 0 bridgehead atoms. The number of nitrogens with two attached hydrogens (primary N) is 1. The van der Waals surface area contributed by atoms with Crippen molar-refractivity contribution in [1.29, 1.82) is 0 Å². The topological polar surface area (TPSA) is 67.8 Å². The van der Waals surface area contributed by atoms with E-state index in [1.165, 1.54) is 57.8 Å². The molecule has 8 atom stereocenters. The van der Waals surface area contributed by atoms with Gasteiger partial charge in [-0.05, 0) is 105 Å². The number of hydrogen-bond acceptors (Lipinski definition) is 4. The molecule has 0 radical (unpaired) electrons. The van der Waals surface area contributed by atoms with E-state index in [1.54, 1.807) is 0 Å². The average Bonchev–Trinajstić information content (AvgIpc) is 2.99. The van der Waals surface area contributed by atoms with Crippen LogP contribution in [0.25, 0.3) is 0 Å². The first-order chi connectivity index (χ1) is 13.0. The average molecular weight is 377 g/mol. The highest BCUT2D eigenvalue weighted by Gasteiger charge is 2.59. The van der Waals surface area contributed by atoms with E-state index in [0.29, 0.717) is 22.9 Å². The zero-order valence-electron chi connectivity index (χ0n) is 17.4. The minimum atomic E-state index is 0.360. The summed E-state index contributed by atoms with van der Waals surface area (Å²) in [5.74, 6) is 3.93. The third-order valence-corrected chi connectivity index (χ3v) is 9.64. The SMILES string of the molecule is C[C@]12CC[C@H](OCCCN)C[C@H]1CC[C@@H]1[C@@H]2CC[C@]2(C)[C@@H](/C=N/O)CC[C@@H]12. The molecule has 4 saturated carbocycles. The number of oxime groups is 1. The second-order valence-corrected chi connectivity index (χ2v) is 10.6. The van der Waals surface area contributed by atoms with Crippen molar-refractivity contribution in [1.82, 2.24) is 0 Å². The van der Waals surface area contributed by atoms with Crippen molar-refractivity contribution in [3.05, 3.63) is 0 Å². The van der Waals surface area contributed by atoms with E-state index in [0.717, 1.165) is 43.2 Å². The minimum Gasteiger partial charge on any atom is -0.411 e. The van der Waals surface area contributed by atoms with Gasteiger partial charge in [0.25, 0.3) is 0 Å². The van der Waals surface area contributed by atoms with Crippen LogP contribution in [0.1, 0.15) is 78.1 Å². The van der Waals surface area contributed by atoms with Gasteiger partial charge < -0.3 is 15.7 Å². The van der Waals surface area contributed by atoms with Gasteiger partial charge in [-0.1, -0.05) is 13.8 Å². The van der Waals surface area contributed by atoms with Crippen molar-refractivity contribution in [2.24, 2.45) is 51.3 Å². The van der Waals surface area contributed by atoms with Crippen LogP contribution in [0.15, 0.2) is 5.16 Å². The van der Waals surface area contributed by atoms with Gasteiger partial charge >= 0.3 is 0 Å². The molecule has 0 aliphatic heterocycles. The molecular weight excluding hydrogens is 336 g/mol. The number of nitrogens with zero attached hydrogens (tertiary/aromatic N) is 1. The normalized spacial score (nSPS) is 49.6. The number of rotatable bonds is 5. The van der Waals surface area contributed by atoms with E-state index in [9.17, 15) is 0 Å². The van der Waals surface area contributed by atoms with Crippen LogP contribution >= 0.6 is 0 Å². The molecule has 0 unspecified atom stereocenters. The molecule has 4 aliphatic rings. The van der Waals surface area contributed by atoms with E-state index in [1.807, 2.05) is 6.21 Å². The number of fused-ring (bicyclic) bond motifs is 5. The Morgan fingerprint density at radius 1 is 1.04 bits per heavy atom. The predicted molar refractivity (Wildman–Crippen MR) is 109 cm³/mol. The van der Waals surface area contributed by atoms with E-state index >= 15 is 0 Å². The summed E-state index contributed by atoms with van der Waals surface area (Å²) in [6, 6.07) is 0. The maximum Gasteiger partial charge on any atom is 0.0578 e. The molecule has 27 heavy (non-hydrogen) atoms. The molecule has 3 N–H and O–H groups in total. The zero-order valence-corrected chi connectivity index (χ0v) is 17.4. The van der Waals surface area contributed by atoms with E-state index in [2.05, 4.69) is 19.0 Å². The summed E-state index contributed by atoms with van der Waals surface area (Å²) in [6.45, 7) is 6.68. The minimum absolute atomic E-state index is 0.360. The van der Waals surface area contributed by atoms with Crippen LogP contribution in [0, 0.1) is 40.4 Å². The van der Waals surface area contributed by atoms with Crippen molar-refractivity contribution in [3.8, 4) is 0 Å². The van der Waals surface area contributed by atoms with Gasteiger partial charge in [0.05, 0.1) is 6.10 Å². The predicted octanol–water partition coefficient (Wildman–Crippen LogP) is 4.84. The van der Waals surface area contributed by atoms with E-state index in [-0.39, 0.29) is 0 Å². The molecule has 4 aliphatic carbocycles. The Kier molecular flexibility index (Phi) is 5.59. The van der Waals surface area contributed by atoms with Crippen molar-refractivity contribution >= 4 is 6.21 Å². The molecule has 0 aromatic carbocycles. The van der Waals surface area contributed by atoms with Crippen molar-refractivity contribution in [2.45, 2.75) is 84.2 Å². The first kappa shape index (κ1) is 19.7. The lowest BCUT2D eigenvalue weighted by Crippen LogP contribution is -2.54. The highest BCUT2D eigenvalue weighted by Crippen LogP contribution is 2.67. The lowest BCUT2D eigenvalue weighted by atomic mass is 9.44. The van der Waals surface area contributed by atoms with Crippen molar-refractivity contribution in [2.75, 3.05) is 13.2 Å². The summed E-state index contributed by atoms with van der Waals surface area (Å²) in [7, 11) is 0. The fraction of sp³-hybridized carbons (Fsp3) is 0.957. The summed E-state index contributed by atoms with van der Waals surface area (Å²) >= 11 is 0. The van der Waals surface area contributed by atoms with Crippen LogP contribution in [-0.4, -0.2) is 30.7 Å². The van der Waals surface area contributed by atoms with Gasteiger partial charge in [0.2, 0.25) is 0 Å². The van der Waals surface area contributed by atoms with Gasteiger partial charge in [-0.25, -0.2) is 0 Å². The van der Waals surface area contributed by atoms with Crippen LogP contribution in [0.5, 0.6) is 0 Å². The van der Waals surface area contributed by atoms with Crippen LogP contribution in [0.3, 0.4) is 0 Å². The Labute approximate surface area is 165 Å². The Morgan fingerprint density at radius 3 is 2.59 bits per heavy atom. The molecule has 0 aromatic rings. The molecule has 0 heterocycles. The molecule has 0 aromatic heterocycles. The summed E-state index contributed by atoms with van der Waals surface area (Å²) < 4.78 is 6.16. The van der Waals surface area contributed by atoms with Gasteiger partial charge in [-0.15, -0.1) is 5.16 Å². The van der Waals surface area contributed by atoms with E-state index in [4.69, 9.17) is 15.7 Å². The monoisotopic (exact) mass is 376 g/mol. The Morgan fingerprint density at radius 2 is 1.81 bits per heavy atom. The van der Waals surface area contributed by atoms with Crippen molar-refractivity contribution < 1.29 is 9.94 Å². The van der Waals surface area contributed by atoms with Crippen LogP contribution in [0.2, 0.25) is 0 Å². The Hall–Kier alpha value is -0.610. The lowest BCUT2D eigenvalue weighted by Gasteiger charge is -2.61. The number of ether oxygens (including phenoxy) is 1. The molecule has 0 spiro atoms. The smallest absolute Gasteiger partial charge is 0.0578 e. The van der Waals surface area contributed by atoms with Crippen molar-refractivity contribution in [3.63, 3.8) is 0 Å². The molecular formula is C23H40N2O2. The Bertz CT molecular complexity index is 552. The van der Waals surface area contributed by atoms with Crippen LogP contribution in [0.4, 0.5) is 0 Å². The first-order valence-electron chi connectivity index (χ1n) is 11.5. The summed E-state index contributed by atoms with van der Waals surface area (Å²) in [5.41, 5.74) is 6.50. The standard InChI is InChI=1S/C23H40N2O2/c1-22-10-8-18(27-13-3-12-24)14-16(22)4-6-19-20-7-5-17(15-25-26)23(20,2)11-9-21(19)22/h15-21,26H,3-14,24H2,1-2H3/b25-15+/t16-,17-,18+,19+,20+,21+,22+,23-/m1/s1. The molecule has 154 valence electrons. The quantitative estimate of drug-likeness (QED) is 0.312. The molecule has 4 fully saturated rings. The van der Waals surface area contributed by atoms with Crippen LogP contribution in [-0.2, 0) is 4.74 Å². The second kappa shape index (κ2) is 7.67. The fourth-order valence-electron chi connectivity index (χ4n) is 8.07. The van der Waals surface area contributed by atoms with E-state index < -0.39 is 0 Å². The molecule has 4 nitrogen and oxygen atoms in total. The second-order valence-electron chi connectivity index (χ2n) is 10.6. The highest BCUT2D eigenvalue weighted by molar-refractivity contribution is 5.62. The molecule has 4 rings (SSSR count). The summed E-state index contributed by atoms with van der Waals surface area (Å²) in [5, 5.41) is 12.5. The summed E-state index contributed by atoms with van der Waals surface area (Å²) in [4.78, 5) is 0. The molecule has 0 amide bonds. The van der Waals surface area contributed by atoms with Gasteiger partial charge in [-0.2, -0.15) is 0 Å². The first-order valence-corrected chi connectivity index (χ1v) is 11.5. The van der Waals surface area contributed by atoms with Gasteiger partial charge in [0.15, 0.2) is 0 Å². The van der Waals surface area contributed by atoms with Gasteiger partial charge in [-0.3, -0.25) is 0 Å². The maximum absolute atomic E-state index is 9.11. The maximum atomic E-state index is 9.11. The highest BCUT2D eigenvalue weighted by atomic mass is 16.5. The fourth-order valence-corrected chi connectivity index (χ4v) is 8.07. The largest absolute Gasteiger partial charge is 0.411 e. The lowest BCUT2D eigenvalue weighted by molar-refractivity contribution is -0.131. The number of hydrogen-bond donors (Lipinski definition) is 2. The zero-order chi connectivity index (χ0) is 19.1. The van der Waals surface area contributed by atoms with Gasteiger partial charge in [0.1, 0.15) is 0 Å². The summed E-state index contributed by atoms with van der Waals surface area (Å²) in [6.07, 6.45) is 15.2. The molecule has 4 heteroatoms. The molecule has 0 saturated heterocycles. The third-order valence-electron chi connectivity index (χ3n) is 9.64.